The first-order valence-corrected chi connectivity index (χ1v) is 4.89. The van der Waals surface area contributed by atoms with Crippen LogP contribution < -0.4 is 11.1 Å². The highest BCUT2D eigenvalue weighted by molar-refractivity contribution is 6.02. The van der Waals surface area contributed by atoms with Crippen LogP contribution >= 0.6 is 0 Å². The lowest BCUT2D eigenvalue weighted by atomic mass is 10.3. The van der Waals surface area contributed by atoms with Crippen molar-refractivity contribution in [2.24, 2.45) is 5.73 Å². The third-order valence-corrected chi connectivity index (χ3v) is 1.54. The van der Waals surface area contributed by atoms with E-state index in [1.165, 1.54) is 0 Å². The minimum absolute atomic E-state index is 0.104. The second-order valence-corrected chi connectivity index (χ2v) is 2.71. The van der Waals surface area contributed by atoms with Gasteiger partial charge < -0.3 is 20.5 Å². The molecule has 0 saturated carbocycles. The lowest BCUT2D eigenvalue weighted by molar-refractivity contribution is -0.159. The van der Waals surface area contributed by atoms with Gasteiger partial charge in [-0.2, -0.15) is 0 Å². The number of hydrogen-bond donors (Lipinski definition) is 2. The molecule has 0 aliphatic rings. The average molecular weight is 232 g/mol. The Morgan fingerprint density at radius 3 is 1.88 bits per heavy atom. The molecule has 0 saturated heterocycles. The Labute approximate surface area is 93.3 Å². The number of carbonyl (C=O) groups is 3. The van der Waals surface area contributed by atoms with Crippen LogP contribution in [0.2, 0.25) is 0 Å². The summed E-state index contributed by atoms with van der Waals surface area (Å²) in [6.07, 6.45) is 0. The fourth-order valence-corrected chi connectivity index (χ4v) is 0.885. The fraction of sp³-hybridized carbons (Fsp3) is 0.667. The van der Waals surface area contributed by atoms with E-state index in [1.807, 2.05) is 0 Å². The molecule has 16 heavy (non-hydrogen) atoms. The molecule has 7 heteroatoms. The average Bonchev–Trinajstić information content (AvgIpc) is 2.25. The highest BCUT2D eigenvalue weighted by Crippen LogP contribution is 1.94. The van der Waals surface area contributed by atoms with Crippen LogP contribution in [0.3, 0.4) is 0 Å². The topological polar surface area (TPSA) is 108 Å². The molecule has 0 unspecified atom stereocenters. The van der Waals surface area contributed by atoms with Crippen LogP contribution in [0.25, 0.3) is 0 Å². The predicted octanol–water partition coefficient (Wildman–Crippen LogP) is -1.44. The Balaban J connectivity index is 4.55. The smallest absolute Gasteiger partial charge is 0.340 e. The maximum atomic E-state index is 11.3. The van der Waals surface area contributed by atoms with Gasteiger partial charge in [-0.05, 0) is 13.8 Å². The molecule has 1 amide bonds. The molecule has 0 fully saturated rings. The van der Waals surface area contributed by atoms with Gasteiger partial charge in [-0.3, -0.25) is 4.79 Å². The molecule has 3 N–H and O–H groups in total. The second kappa shape index (κ2) is 7.63. The molecule has 0 spiro atoms. The maximum Gasteiger partial charge on any atom is 0.340 e. The van der Waals surface area contributed by atoms with E-state index in [0.29, 0.717) is 0 Å². The second-order valence-electron chi connectivity index (χ2n) is 2.71. The van der Waals surface area contributed by atoms with Gasteiger partial charge in [0.05, 0.1) is 19.8 Å². The quantitative estimate of drug-likeness (QED) is 0.429. The van der Waals surface area contributed by atoms with Crippen LogP contribution in [0.5, 0.6) is 0 Å². The van der Waals surface area contributed by atoms with Crippen LogP contribution in [0.1, 0.15) is 13.8 Å². The van der Waals surface area contributed by atoms with Gasteiger partial charge in [0.1, 0.15) is 0 Å². The Hall–Kier alpha value is -1.63. The van der Waals surface area contributed by atoms with E-state index in [2.05, 4.69) is 14.8 Å². The zero-order valence-electron chi connectivity index (χ0n) is 9.32. The summed E-state index contributed by atoms with van der Waals surface area (Å²) in [6.45, 7) is 3.06. The van der Waals surface area contributed by atoms with Crippen molar-refractivity contribution in [2.75, 3.05) is 19.8 Å². The Kier molecular flexibility index (Phi) is 6.86. The third-order valence-electron chi connectivity index (χ3n) is 1.54. The minimum Gasteiger partial charge on any atom is -0.464 e. The van der Waals surface area contributed by atoms with Gasteiger partial charge in [-0.25, -0.2) is 9.59 Å². The Morgan fingerprint density at radius 2 is 1.56 bits per heavy atom. The summed E-state index contributed by atoms with van der Waals surface area (Å²) in [7, 11) is 0. The van der Waals surface area contributed by atoms with E-state index in [0.717, 1.165) is 0 Å². The largest absolute Gasteiger partial charge is 0.464 e. The van der Waals surface area contributed by atoms with Crippen molar-refractivity contribution < 1.29 is 23.9 Å². The van der Waals surface area contributed by atoms with Gasteiger partial charge in [0.25, 0.3) is 0 Å². The molecule has 0 aliphatic carbocycles. The summed E-state index contributed by atoms with van der Waals surface area (Å²) in [5.74, 6) is -2.35. The van der Waals surface area contributed by atoms with E-state index in [-0.39, 0.29) is 19.8 Å². The lowest BCUT2D eigenvalue weighted by Crippen LogP contribution is -2.49. The SMILES string of the molecule is CCOC(=O)C(NC(=O)CN)C(=O)OCC. The van der Waals surface area contributed by atoms with E-state index in [4.69, 9.17) is 5.73 Å². The first-order valence-electron chi connectivity index (χ1n) is 4.89. The van der Waals surface area contributed by atoms with Crippen molar-refractivity contribution in [1.29, 1.82) is 0 Å². The normalized spacial score (nSPS) is 9.75. The number of ether oxygens (including phenoxy) is 2. The van der Waals surface area contributed by atoms with Gasteiger partial charge in [0, 0.05) is 0 Å². The van der Waals surface area contributed by atoms with Crippen molar-refractivity contribution in [3.63, 3.8) is 0 Å². The summed E-state index contributed by atoms with van der Waals surface area (Å²) < 4.78 is 9.24. The van der Waals surface area contributed by atoms with Gasteiger partial charge in [0.15, 0.2) is 0 Å². The van der Waals surface area contributed by atoms with Crippen LogP contribution in [-0.2, 0) is 23.9 Å². The maximum absolute atomic E-state index is 11.3. The molecule has 7 nitrogen and oxygen atoms in total. The zero-order valence-corrected chi connectivity index (χ0v) is 9.32. The summed E-state index contributed by atoms with van der Waals surface area (Å²) in [5.41, 5.74) is 5.05. The standard InChI is InChI=1S/C9H16N2O5/c1-3-15-8(13)7(9(14)16-4-2)11-6(12)5-10/h7H,3-5,10H2,1-2H3,(H,11,12). The van der Waals surface area contributed by atoms with Crippen molar-refractivity contribution >= 4 is 17.8 Å². The molecule has 0 radical (unpaired) electrons. The number of esters is 2. The molecule has 0 atom stereocenters. The van der Waals surface area contributed by atoms with Crippen molar-refractivity contribution in [1.82, 2.24) is 5.32 Å². The number of rotatable bonds is 6. The number of amides is 1. The van der Waals surface area contributed by atoms with Gasteiger partial charge >= 0.3 is 11.9 Å². The van der Waals surface area contributed by atoms with Crippen molar-refractivity contribution in [3.8, 4) is 0 Å². The molecule has 0 aromatic carbocycles. The molecule has 0 aliphatic heterocycles. The molecule has 0 bridgehead atoms. The van der Waals surface area contributed by atoms with Gasteiger partial charge in [-0.15, -0.1) is 0 Å². The summed E-state index contributed by atoms with van der Waals surface area (Å²) in [5, 5.41) is 2.12. The van der Waals surface area contributed by atoms with Crippen molar-refractivity contribution in [3.05, 3.63) is 0 Å². The third kappa shape index (κ3) is 4.74. The molecular weight excluding hydrogens is 216 g/mol. The zero-order chi connectivity index (χ0) is 12.6. The van der Waals surface area contributed by atoms with Crippen LogP contribution in [0, 0.1) is 0 Å². The van der Waals surface area contributed by atoms with Crippen LogP contribution in [-0.4, -0.2) is 43.6 Å². The van der Waals surface area contributed by atoms with Crippen LogP contribution in [0.15, 0.2) is 0 Å². The van der Waals surface area contributed by atoms with E-state index < -0.39 is 23.9 Å². The fourth-order valence-electron chi connectivity index (χ4n) is 0.885. The molecule has 0 heterocycles. The van der Waals surface area contributed by atoms with Gasteiger partial charge in [-0.1, -0.05) is 0 Å². The highest BCUT2D eigenvalue weighted by atomic mass is 16.6. The molecule has 0 rings (SSSR count). The number of carbonyl (C=O) groups excluding carboxylic acids is 3. The number of nitrogens with two attached hydrogens (primary N) is 1. The van der Waals surface area contributed by atoms with Gasteiger partial charge in [0.2, 0.25) is 11.9 Å². The number of hydrogen-bond acceptors (Lipinski definition) is 6. The Bertz CT molecular complexity index is 249. The molecular formula is C9H16N2O5. The molecule has 0 aromatic heterocycles. The summed E-state index contributed by atoms with van der Waals surface area (Å²) >= 11 is 0. The highest BCUT2D eigenvalue weighted by Gasteiger charge is 2.30. The monoisotopic (exact) mass is 232 g/mol. The van der Waals surface area contributed by atoms with E-state index in [9.17, 15) is 14.4 Å². The lowest BCUT2D eigenvalue weighted by Gasteiger charge is -2.15. The van der Waals surface area contributed by atoms with Crippen LogP contribution in [0.4, 0.5) is 0 Å². The number of nitrogens with one attached hydrogen (secondary N) is 1. The van der Waals surface area contributed by atoms with Crippen molar-refractivity contribution in [2.45, 2.75) is 19.9 Å². The van der Waals surface area contributed by atoms with E-state index >= 15 is 0 Å². The first-order chi connectivity index (χ1) is 7.56. The minimum atomic E-state index is -1.45. The van der Waals surface area contributed by atoms with E-state index in [1.54, 1.807) is 13.8 Å². The molecule has 0 aromatic rings. The predicted molar refractivity (Wildman–Crippen MR) is 54.3 cm³/mol. The molecule has 92 valence electrons. The first kappa shape index (κ1) is 14.4. The Morgan fingerprint density at radius 1 is 1.12 bits per heavy atom. The summed E-state index contributed by atoms with van der Waals surface area (Å²) in [6, 6.07) is -1.45. The summed E-state index contributed by atoms with van der Waals surface area (Å²) in [4.78, 5) is 33.7.